The summed E-state index contributed by atoms with van der Waals surface area (Å²) in [5.74, 6) is 0.869. The van der Waals surface area contributed by atoms with Gasteiger partial charge in [0.05, 0.1) is 7.11 Å². The van der Waals surface area contributed by atoms with Crippen molar-refractivity contribution in [3.63, 3.8) is 0 Å². The number of anilines is 1. The zero-order valence-electron chi connectivity index (χ0n) is 7.63. The van der Waals surface area contributed by atoms with Gasteiger partial charge in [-0.3, -0.25) is 0 Å². The molecule has 0 saturated heterocycles. The molecule has 1 aromatic heterocycles. The second-order valence-corrected chi connectivity index (χ2v) is 3.93. The van der Waals surface area contributed by atoms with Crippen LogP contribution >= 0.6 is 11.3 Å². The minimum absolute atomic E-state index is 0.756. The Kier molecular flexibility index (Phi) is 1.88. The number of rotatable bonds is 1. The van der Waals surface area contributed by atoms with Gasteiger partial charge in [0, 0.05) is 21.8 Å². The van der Waals surface area contributed by atoms with Gasteiger partial charge in [-0.15, -0.1) is 11.3 Å². The first-order valence-corrected chi connectivity index (χ1v) is 4.91. The quantitative estimate of drug-likeness (QED) is 0.707. The first kappa shape index (κ1) is 8.38. The molecule has 2 rings (SSSR count). The van der Waals surface area contributed by atoms with Crippen molar-refractivity contribution < 1.29 is 4.74 Å². The van der Waals surface area contributed by atoms with Crippen LogP contribution in [0.4, 0.5) is 5.69 Å². The van der Waals surface area contributed by atoms with E-state index in [4.69, 9.17) is 10.5 Å². The highest BCUT2D eigenvalue weighted by molar-refractivity contribution is 7.17. The van der Waals surface area contributed by atoms with Gasteiger partial charge in [-0.05, 0) is 23.9 Å². The normalized spacial score (nSPS) is 10.6. The zero-order valence-corrected chi connectivity index (χ0v) is 8.44. The molecule has 13 heavy (non-hydrogen) atoms. The maximum atomic E-state index is 5.74. The van der Waals surface area contributed by atoms with Crippen LogP contribution in [-0.4, -0.2) is 7.11 Å². The van der Waals surface area contributed by atoms with Crippen molar-refractivity contribution in [2.75, 3.05) is 12.8 Å². The lowest BCUT2D eigenvalue weighted by Crippen LogP contribution is -1.88. The van der Waals surface area contributed by atoms with Crippen LogP contribution in [0.2, 0.25) is 0 Å². The van der Waals surface area contributed by atoms with Gasteiger partial charge in [0.1, 0.15) is 5.75 Å². The molecule has 0 fully saturated rings. The van der Waals surface area contributed by atoms with Gasteiger partial charge in [0.2, 0.25) is 0 Å². The fourth-order valence-electron chi connectivity index (χ4n) is 1.46. The summed E-state index contributed by atoms with van der Waals surface area (Å²) in [7, 11) is 1.67. The smallest absolute Gasteiger partial charge is 0.129 e. The number of ether oxygens (including phenoxy) is 1. The summed E-state index contributed by atoms with van der Waals surface area (Å²) in [5, 5.41) is 3.30. The first-order valence-electron chi connectivity index (χ1n) is 4.03. The molecule has 0 atom stereocenters. The molecular weight excluding hydrogens is 182 g/mol. The van der Waals surface area contributed by atoms with Crippen LogP contribution in [0.15, 0.2) is 17.5 Å². The second kappa shape index (κ2) is 2.92. The molecule has 0 unspecified atom stereocenters. The maximum absolute atomic E-state index is 5.74. The Hall–Kier alpha value is -1.22. The van der Waals surface area contributed by atoms with E-state index in [1.165, 1.54) is 15.6 Å². The van der Waals surface area contributed by atoms with Gasteiger partial charge < -0.3 is 10.5 Å². The van der Waals surface area contributed by atoms with Crippen molar-refractivity contribution in [3.05, 3.63) is 23.1 Å². The summed E-state index contributed by atoms with van der Waals surface area (Å²) in [5.41, 5.74) is 7.74. The largest absolute Gasteiger partial charge is 0.496 e. The number of fused-ring (bicyclic) bond motifs is 1. The van der Waals surface area contributed by atoms with Crippen molar-refractivity contribution in [3.8, 4) is 5.75 Å². The zero-order chi connectivity index (χ0) is 9.42. The lowest BCUT2D eigenvalue weighted by atomic mass is 10.1. The van der Waals surface area contributed by atoms with Gasteiger partial charge in [-0.1, -0.05) is 0 Å². The van der Waals surface area contributed by atoms with Crippen molar-refractivity contribution in [1.82, 2.24) is 0 Å². The third-order valence-corrected chi connectivity index (χ3v) is 3.11. The van der Waals surface area contributed by atoms with Crippen molar-refractivity contribution >= 4 is 27.1 Å². The van der Waals surface area contributed by atoms with Crippen LogP contribution in [0.25, 0.3) is 10.1 Å². The Morgan fingerprint density at radius 2 is 2.15 bits per heavy atom. The summed E-state index contributed by atoms with van der Waals surface area (Å²) in [6.45, 7) is 2.08. The van der Waals surface area contributed by atoms with E-state index in [2.05, 4.69) is 12.3 Å². The molecule has 1 aromatic carbocycles. The highest BCUT2D eigenvalue weighted by Crippen LogP contribution is 2.35. The maximum Gasteiger partial charge on any atom is 0.129 e. The number of methoxy groups -OCH3 is 1. The first-order chi connectivity index (χ1) is 6.22. The molecule has 0 amide bonds. The predicted molar refractivity (Wildman–Crippen MR) is 57.5 cm³/mol. The molecule has 0 aliphatic rings. The van der Waals surface area contributed by atoms with E-state index >= 15 is 0 Å². The molecule has 0 aliphatic heterocycles. The molecule has 0 radical (unpaired) electrons. The number of aryl methyl sites for hydroxylation is 1. The van der Waals surface area contributed by atoms with E-state index in [0.717, 1.165) is 11.4 Å². The molecule has 1 heterocycles. The van der Waals surface area contributed by atoms with Gasteiger partial charge >= 0.3 is 0 Å². The summed E-state index contributed by atoms with van der Waals surface area (Å²) < 4.78 is 6.46. The van der Waals surface area contributed by atoms with E-state index in [1.807, 2.05) is 12.1 Å². The Balaban J connectivity index is 2.85. The molecule has 68 valence electrons. The van der Waals surface area contributed by atoms with Crippen molar-refractivity contribution in [2.45, 2.75) is 6.92 Å². The molecule has 2 N–H and O–H groups in total. The van der Waals surface area contributed by atoms with Crippen LogP contribution < -0.4 is 10.5 Å². The van der Waals surface area contributed by atoms with E-state index in [-0.39, 0.29) is 0 Å². The molecule has 2 aromatic rings. The van der Waals surface area contributed by atoms with Crippen LogP contribution in [0.3, 0.4) is 0 Å². The minimum atomic E-state index is 0.756. The minimum Gasteiger partial charge on any atom is -0.496 e. The number of nitrogens with two attached hydrogens (primary N) is 1. The summed E-state index contributed by atoms with van der Waals surface area (Å²) >= 11 is 1.70. The third kappa shape index (κ3) is 1.25. The molecule has 0 saturated carbocycles. The van der Waals surface area contributed by atoms with Gasteiger partial charge in [0.25, 0.3) is 0 Å². The van der Waals surface area contributed by atoms with Crippen LogP contribution in [-0.2, 0) is 0 Å². The van der Waals surface area contributed by atoms with Gasteiger partial charge in [-0.25, -0.2) is 0 Å². The summed E-state index contributed by atoms with van der Waals surface area (Å²) in [6, 6.07) is 3.84. The second-order valence-electron chi connectivity index (χ2n) is 3.02. The fraction of sp³-hybridized carbons (Fsp3) is 0.200. The molecular formula is C10H11NOS. The molecule has 2 nitrogen and oxygen atoms in total. The van der Waals surface area contributed by atoms with E-state index in [9.17, 15) is 0 Å². The van der Waals surface area contributed by atoms with Crippen molar-refractivity contribution in [2.24, 2.45) is 0 Å². The Bertz CT molecular complexity index is 447. The van der Waals surface area contributed by atoms with Gasteiger partial charge in [0.15, 0.2) is 0 Å². The Morgan fingerprint density at radius 3 is 2.85 bits per heavy atom. The van der Waals surface area contributed by atoms with E-state index in [1.54, 1.807) is 18.4 Å². The van der Waals surface area contributed by atoms with E-state index < -0.39 is 0 Å². The summed E-state index contributed by atoms with van der Waals surface area (Å²) in [4.78, 5) is 0. The third-order valence-electron chi connectivity index (χ3n) is 2.07. The average molecular weight is 193 g/mol. The molecule has 0 bridgehead atoms. The number of thiophene rings is 1. The number of hydrogen-bond donors (Lipinski definition) is 1. The molecule has 3 heteroatoms. The number of hydrogen-bond acceptors (Lipinski definition) is 3. The topological polar surface area (TPSA) is 35.2 Å². The standard InChI is InChI=1S/C10H11NOS/c1-6-5-13-9-4-7(11)3-8(12-2)10(6)9/h3-5H,11H2,1-2H3. The molecule has 0 aliphatic carbocycles. The highest BCUT2D eigenvalue weighted by atomic mass is 32.1. The van der Waals surface area contributed by atoms with Gasteiger partial charge in [-0.2, -0.15) is 0 Å². The van der Waals surface area contributed by atoms with Crippen LogP contribution in [0, 0.1) is 6.92 Å². The monoisotopic (exact) mass is 193 g/mol. The molecule has 0 spiro atoms. The lowest BCUT2D eigenvalue weighted by Gasteiger charge is -2.04. The van der Waals surface area contributed by atoms with E-state index in [0.29, 0.717) is 0 Å². The predicted octanol–water partition coefficient (Wildman–Crippen LogP) is 2.80. The Labute approximate surface area is 80.9 Å². The SMILES string of the molecule is COc1cc(N)cc2scc(C)c12. The fourth-order valence-corrected chi connectivity index (χ4v) is 2.47. The van der Waals surface area contributed by atoms with Crippen molar-refractivity contribution in [1.29, 1.82) is 0 Å². The lowest BCUT2D eigenvalue weighted by molar-refractivity contribution is 0.420. The average Bonchev–Trinajstić information content (AvgIpc) is 2.46. The van der Waals surface area contributed by atoms with Crippen LogP contribution in [0.1, 0.15) is 5.56 Å². The highest BCUT2D eigenvalue weighted by Gasteiger charge is 2.07. The van der Waals surface area contributed by atoms with Crippen LogP contribution in [0.5, 0.6) is 5.75 Å². The Morgan fingerprint density at radius 1 is 1.38 bits per heavy atom. The summed E-state index contributed by atoms with van der Waals surface area (Å²) in [6.07, 6.45) is 0. The number of nitrogen functional groups attached to an aromatic ring is 1. The number of benzene rings is 1.